The molecule has 1 fully saturated rings. The molecule has 0 unspecified atom stereocenters. The number of carboxylic acid groups (broad SMARTS) is 1. The number of rotatable bonds is 7. The molecule has 0 bridgehead atoms. The number of amides is 1. The fourth-order valence-corrected chi connectivity index (χ4v) is 6.43. The Hall–Kier alpha value is -4.62. The zero-order chi connectivity index (χ0) is 36.2. The van der Waals surface area contributed by atoms with Crippen molar-refractivity contribution in [3.8, 4) is 16.9 Å². The standard InChI is InChI=1S/C35H31F8NO5/c1-17-30(19-9-21(34(38,39)40)12-22(10-19)35(41,42)43)49-32(47)44(17)16-20-15-33(2,3)8-7-23(20)26-13-25(28(37)14-29(26)48-4)24-6-5-18(31(45)46)11-27(24)36/h5-6,9-14,17,30H,7-8,15-16H2,1-4H3,(H,45,46)/t17-,30-/m0/s1. The van der Waals surface area contributed by atoms with E-state index in [0.29, 0.717) is 48.1 Å². The quantitative estimate of drug-likeness (QED) is 0.249. The Morgan fingerprint density at radius 3 is 2.10 bits per heavy atom. The summed E-state index contributed by atoms with van der Waals surface area (Å²) < 4.78 is 123. The van der Waals surface area contributed by atoms with E-state index in [9.17, 15) is 41.0 Å². The third-order valence-electron chi connectivity index (χ3n) is 8.98. The number of carbonyl (C=O) groups is 2. The number of ether oxygens (including phenoxy) is 2. The lowest BCUT2D eigenvalue weighted by atomic mass is 9.72. The number of allylic oxidation sites excluding steroid dienone is 1. The molecule has 1 aliphatic heterocycles. The maximum absolute atomic E-state index is 15.4. The van der Waals surface area contributed by atoms with Crippen LogP contribution in [0.4, 0.5) is 39.9 Å². The maximum atomic E-state index is 15.4. The van der Waals surface area contributed by atoms with Crippen molar-refractivity contribution in [2.75, 3.05) is 13.7 Å². The average molecular weight is 698 g/mol. The monoisotopic (exact) mass is 697 g/mol. The van der Waals surface area contributed by atoms with Crippen molar-refractivity contribution < 1.29 is 59.3 Å². The number of benzene rings is 3. The third kappa shape index (κ3) is 7.23. The molecule has 49 heavy (non-hydrogen) atoms. The van der Waals surface area contributed by atoms with E-state index in [-0.39, 0.29) is 40.5 Å². The van der Waals surface area contributed by atoms with E-state index < -0.39 is 64.9 Å². The normalized spacial score (nSPS) is 19.7. The average Bonchev–Trinajstić information content (AvgIpc) is 3.28. The molecule has 1 N–H and O–H groups in total. The highest BCUT2D eigenvalue weighted by Crippen LogP contribution is 2.47. The van der Waals surface area contributed by atoms with Gasteiger partial charge < -0.3 is 14.6 Å². The summed E-state index contributed by atoms with van der Waals surface area (Å²) >= 11 is 0. The van der Waals surface area contributed by atoms with E-state index >= 15 is 8.78 Å². The van der Waals surface area contributed by atoms with Crippen molar-refractivity contribution in [3.63, 3.8) is 0 Å². The number of nitrogens with zero attached hydrogens (tertiary/aromatic N) is 1. The second-order valence-corrected chi connectivity index (χ2v) is 13.0. The predicted molar refractivity (Wildman–Crippen MR) is 162 cm³/mol. The highest BCUT2D eigenvalue weighted by molar-refractivity contribution is 5.89. The van der Waals surface area contributed by atoms with Gasteiger partial charge >= 0.3 is 24.4 Å². The summed E-state index contributed by atoms with van der Waals surface area (Å²) in [6, 6.07) is 5.56. The Morgan fingerprint density at radius 1 is 0.939 bits per heavy atom. The first-order chi connectivity index (χ1) is 22.7. The second kappa shape index (κ2) is 12.7. The summed E-state index contributed by atoms with van der Waals surface area (Å²) in [5, 5.41) is 9.21. The topological polar surface area (TPSA) is 76.1 Å². The van der Waals surface area contributed by atoms with Crippen LogP contribution < -0.4 is 4.74 Å². The number of carbonyl (C=O) groups excluding carboxylic acids is 1. The molecule has 1 aliphatic carbocycles. The molecule has 3 aromatic rings. The van der Waals surface area contributed by atoms with Crippen molar-refractivity contribution in [2.45, 2.75) is 64.5 Å². The zero-order valence-corrected chi connectivity index (χ0v) is 26.7. The van der Waals surface area contributed by atoms with Gasteiger partial charge in [-0.05, 0) is 84.7 Å². The second-order valence-electron chi connectivity index (χ2n) is 13.0. The first-order valence-electron chi connectivity index (χ1n) is 15.1. The summed E-state index contributed by atoms with van der Waals surface area (Å²) in [4.78, 5) is 25.7. The minimum atomic E-state index is -5.09. The van der Waals surface area contributed by atoms with E-state index in [2.05, 4.69) is 0 Å². The molecule has 0 saturated carbocycles. The smallest absolute Gasteiger partial charge is 0.416 e. The molecule has 3 aromatic carbocycles. The van der Waals surface area contributed by atoms with Gasteiger partial charge in [0.25, 0.3) is 0 Å². The van der Waals surface area contributed by atoms with Gasteiger partial charge in [0.05, 0.1) is 29.8 Å². The fraction of sp³-hybridized carbons (Fsp3) is 0.371. The lowest BCUT2D eigenvalue weighted by molar-refractivity contribution is -0.143. The minimum absolute atomic E-state index is 0.000623. The molecule has 1 heterocycles. The number of carboxylic acids is 1. The van der Waals surface area contributed by atoms with Crippen LogP contribution in [0.3, 0.4) is 0 Å². The lowest BCUT2D eigenvalue weighted by Crippen LogP contribution is -2.35. The molecule has 2 aliphatic rings. The first-order valence-corrected chi connectivity index (χ1v) is 15.1. The van der Waals surface area contributed by atoms with Gasteiger partial charge in [0, 0.05) is 29.3 Å². The van der Waals surface area contributed by atoms with Crippen molar-refractivity contribution in [1.29, 1.82) is 0 Å². The van der Waals surface area contributed by atoms with Gasteiger partial charge in [0.2, 0.25) is 0 Å². The van der Waals surface area contributed by atoms with E-state index in [1.165, 1.54) is 25.0 Å². The van der Waals surface area contributed by atoms with E-state index in [1.807, 2.05) is 13.8 Å². The van der Waals surface area contributed by atoms with Crippen molar-refractivity contribution in [1.82, 2.24) is 4.90 Å². The van der Waals surface area contributed by atoms with Crippen LogP contribution in [-0.2, 0) is 17.1 Å². The molecule has 0 radical (unpaired) electrons. The van der Waals surface area contributed by atoms with Crippen LogP contribution in [-0.4, -0.2) is 41.8 Å². The van der Waals surface area contributed by atoms with Gasteiger partial charge in [-0.1, -0.05) is 19.9 Å². The van der Waals surface area contributed by atoms with Crippen LogP contribution in [0, 0.1) is 17.0 Å². The Kier molecular flexibility index (Phi) is 9.24. The van der Waals surface area contributed by atoms with Gasteiger partial charge in [-0.25, -0.2) is 18.4 Å². The van der Waals surface area contributed by atoms with Gasteiger partial charge in [-0.2, -0.15) is 26.3 Å². The molecule has 1 amide bonds. The first kappa shape index (κ1) is 35.7. The molecule has 0 aromatic heterocycles. The number of hydrogen-bond acceptors (Lipinski definition) is 4. The van der Waals surface area contributed by atoms with Gasteiger partial charge in [0.1, 0.15) is 23.5 Å². The fourth-order valence-electron chi connectivity index (χ4n) is 6.43. The van der Waals surface area contributed by atoms with Crippen molar-refractivity contribution in [3.05, 3.63) is 93.6 Å². The maximum Gasteiger partial charge on any atom is 0.416 e. The number of alkyl halides is 6. The van der Waals surface area contributed by atoms with Crippen LogP contribution >= 0.6 is 0 Å². The van der Waals surface area contributed by atoms with Crippen LogP contribution in [0.25, 0.3) is 16.7 Å². The number of methoxy groups -OCH3 is 1. The molecular formula is C35H31F8NO5. The SMILES string of the molecule is COc1cc(F)c(-c2ccc(C(=O)O)cc2F)cc1C1=C(CN2C(=O)O[C@H](c3cc(C(F)(F)F)cc(C(F)(F)F)c3)[C@@H]2C)CC(C)(C)CC1. The summed E-state index contributed by atoms with van der Waals surface area (Å²) in [7, 11) is 1.31. The largest absolute Gasteiger partial charge is 0.496 e. The highest BCUT2D eigenvalue weighted by Gasteiger charge is 2.44. The van der Waals surface area contributed by atoms with Gasteiger partial charge in [0.15, 0.2) is 0 Å². The lowest BCUT2D eigenvalue weighted by Gasteiger charge is -2.36. The molecule has 2 atom stereocenters. The Morgan fingerprint density at radius 2 is 1.55 bits per heavy atom. The molecule has 5 rings (SSSR count). The Labute approximate surface area is 275 Å². The van der Waals surface area contributed by atoms with Crippen LogP contribution in [0.1, 0.15) is 78.7 Å². The highest BCUT2D eigenvalue weighted by atomic mass is 19.4. The molecule has 262 valence electrons. The summed E-state index contributed by atoms with van der Waals surface area (Å²) in [5.41, 5.74) is -2.91. The molecule has 6 nitrogen and oxygen atoms in total. The van der Waals surface area contributed by atoms with E-state index in [0.717, 1.165) is 24.3 Å². The predicted octanol–water partition coefficient (Wildman–Crippen LogP) is 9.92. The Balaban J connectivity index is 1.57. The van der Waals surface area contributed by atoms with Crippen LogP contribution in [0.5, 0.6) is 5.75 Å². The molecule has 14 heteroatoms. The summed E-state index contributed by atoms with van der Waals surface area (Å²) in [5.74, 6) is -3.10. The Bertz CT molecular complexity index is 1810. The van der Waals surface area contributed by atoms with Crippen LogP contribution in [0.2, 0.25) is 0 Å². The van der Waals surface area contributed by atoms with Gasteiger partial charge in [-0.3, -0.25) is 4.90 Å². The van der Waals surface area contributed by atoms with Crippen molar-refractivity contribution in [2.24, 2.45) is 5.41 Å². The number of halogens is 8. The van der Waals surface area contributed by atoms with Crippen molar-refractivity contribution >= 4 is 17.6 Å². The van der Waals surface area contributed by atoms with E-state index in [4.69, 9.17) is 9.47 Å². The molecule has 0 spiro atoms. The van der Waals surface area contributed by atoms with Gasteiger partial charge in [-0.15, -0.1) is 0 Å². The summed E-state index contributed by atoms with van der Waals surface area (Å²) in [6.45, 7) is 5.29. The minimum Gasteiger partial charge on any atom is -0.496 e. The van der Waals surface area contributed by atoms with Crippen LogP contribution in [0.15, 0.2) is 54.1 Å². The van der Waals surface area contributed by atoms with E-state index in [1.54, 1.807) is 0 Å². The molecule has 1 saturated heterocycles. The summed E-state index contributed by atoms with van der Waals surface area (Å²) in [6.07, 6.45) is -11.2. The number of hydrogen-bond donors (Lipinski definition) is 1. The third-order valence-corrected chi connectivity index (χ3v) is 8.98. The molecular weight excluding hydrogens is 666 g/mol. The number of aromatic carboxylic acids is 1. The zero-order valence-electron chi connectivity index (χ0n) is 26.7. The number of cyclic esters (lactones) is 1.